The molecular weight excluding hydrogens is 228 g/mol. The van der Waals surface area contributed by atoms with Gasteiger partial charge in [-0.05, 0) is 45.4 Å². The summed E-state index contributed by atoms with van der Waals surface area (Å²) in [4.78, 5) is 12.4. The zero-order valence-electron chi connectivity index (χ0n) is 11.7. The van der Waals surface area contributed by atoms with E-state index in [1.165, 1.54) is 0 Å². The molecule has 104 valence electrons. The van der Waals surface area contributed by atoms with Crippen LogP contribution in [0.5, 0.6) is 0 Å². The molecule has 3 N–H and O–H groups in total. The van der Waals surface area contributed by atoms with E-state index in [2.05, 4.69) is 19.2 Å². The van der Waals surface area contributed by atoms with Crippen LogP contribution < -0.4 is 11.1 Å². The predicted octanol–water partition coefficient (Wildman–Crippen LogP) is 1.43. The Bertz CT molecular complexity index is 311. The van der Waals surface area contributed by atoms with Crippen LogP contribution in [0.3, 0.4) is 0 Å². The van der Waals surface area contributed by atoms with Crippen LogP contribution in [0.15, 0.2) is 0 Å². The molecule has 2 fully saturated rings. The summed E-state index contributed by atoms with van der Waals surface area (Å²) in [6.07, 6.45) is 3.82. The lowest BCUT2D eigenvalue weighted by Crippen LogP contribution is -2.53. The highest BCUT2D eigenvalue weighted by Gasteiger charge is 2.40. The lowest BCUT2D eigenvalue weighted by molar-refractivity contribution is -0.129. The molecule has 0 spiro atoms. The molecule has 1 aliphatic carbocycles. The van der Waals surface area contributed by atoms with Crippen LogP contribution in [0, 0.1) is 11.8 Å². The first-order valence-corrected chi connectivity index (χ1v) is 7.10. The highest BCUT2D eigenvalue weighted by Crippen LogP contribution is 2.30. The van der Waals surface area contributed by atoms with Crippen molar-refractivity contribution in [3.8, 4) is 0 Å². The van der Waals surface area contributed by atoms with Crippen molar-refractivity contribution >= 4 is 5.91 Å². The third-order valence-electron chi connectivity index (χ3n) is 4.65. The quantitative estimate of drug-likeness (QED) is 0.783. The fourth-order valence-electron chi connectivity index (χ4n) is 3.25. The van der Waals surface area contributed by atoms with Crippen LogP contribution in [-0.4, -0.2) is 30.2 Å². The van der Waals surface area contributed by atoms with Crippen molar-refractivity contribution in [2.75, 3.05) is 6.61 Å². The van der Waals surface area contributed by atoms with Gasteiger partial charge in [-0.2, -0.15) is 0 Å². The van der Waals surface area contributed by atoms with Crippen LogP contribution in [0.4, 0.5) is 0 Å². The van der Waals surface area contributed by atoms with E-state index in [0.29, 0.717) is 5.92 Å². The van der Waals surface area contributed by atoms with Gasteiger partial charge in [0.15, 0.2) is 0 Å². The fourth-order valence-corrected chi connectivity index (χ4v) is 3.25. The minimum absolute atomic E-state index is 0.0772. The molecule has 18 heavy (non-hydrogen) atoms. The van der Waals surface area contributed by atoms with Crippen molar-refractivity contribution in [3.63, 3.8) is 0 Å². The Kier molecular flexibility index (Phi) is 3.97. The van der Waals surface area contributed by atoms with Gasteiger partial charge >= 0.3 is 0 Å². The molecule has 0 bridgehead atoms. The Balaban J connectivity index is 1.95. The molecule has 2 rings (SSSR count). The van der Waals surface area contributed by atoms with Gasteiger partial charge in [0.05, 0.1) is 11.6 Å². The average Bonchev–Trinajstić information content (AvgIpc) is 2.57. The van der Waals surface area contributed by atoms with E-state index in [0.717, 1.165) is 32.3 Å². The SMILES string of the molecule is CC1CC(N)CC(C(=O)NC2(C)CCOC2C)C1. The Morgan fingerprint density at radius 2 is 2.06 bits per heavy atom. The van der Waals surface area contributed by atoms with Crippen LogP contribution in [0.25, 0.3) is 0 Å². The first-order valence-electron chi connectivity index (χ1n) is 7.10. The summed E-state index contributed by atoms with van der Waals surface area (Å²) < 4.78 is 5.56. The predicted molar refractivity (Wildman–Crippen MR) is 71.1 cm³/mol. The lowest BCUT2D eigenvalue weighted by atomic mass is 9.79. The van der Waals surface area contributed by atoms with Gasteiger partial charge in [-0.25, -0.2) is 0 Å². The Morgan fingerprint density at radius 1 is 1.33 bits per heavy atom. The number of ether oxygens (including phenoxy) is 1. The monoisotopic (exact) mass is 254 g/mol. The van der Waals surface area contributed by atoms with E-state index >= 15 is 0 Å². The normalized spacial score (nSPS) is 44.9. The molecule has 5 unspecified atom stereocenters. The molecule has 1 saturated carbocycles. The van der Waals surface area contributed by atoms with E-state index < -0.39 is 0 Å². The van der Waals surface area contributed by atoms with Crippen molar-refractivity contribution in [3.05, 3.63) is 0 Å². The highest BCUT2D eigenvalue weighted by atomic mass is 16.5. The molecule has 0 aromatic rings. The molecule has 1 heterocycles. The van der Waals surface area contributed by atoms with E-state index in [1.807, 2.05) is 6.92 Å². The van der Waals surface area contributed by atoms with Gasteiger partial charge in [-0.15, -0.1) is 0 Å². The lowest BCUT2D eigenvalue weighted by Gasteiger charge is -2.35. The number of hydrogen-bond donors (Lipinski definition) is 2. The minimum Gasteiger partial charge on any atom is -0.376 e. The van der Waals surface area contributed by atoms with Gasteiger partial charge in [0.2, 0.25) is 5.91 Å². The van der Waals surface area contributed by atoms with Crippen molar-refractivity contribution in [2.24, 2.45) is 17.6 Å². The molecular formula is C14H26N2O2. The number of carbonyl (C=O) groups is 1. The standard InChI is InChI=1S/C14H26N2O2/c1-9-6-11(8-12(15)7-9)13(17)16-14(3)4-5-18-10(14)2/h9-12H,4-8,15H2,1-3H3,(H,16,17). The summed E-state index contributed by atoms with van der Waals surface area (Å²) in [6.45, 7) is 7.03. The molecule has 2 aliphatic rings. The number of carbonyl (C=O) groups excluding carboxylic acids is 1. The first kappa shape index (κ1) is 13.8. The fraction of sp³-hybridized carbons (Fsp3) is 0.929. The second-order valence-corrected chi connectivity index (χ2v) is 6.44. The maximum absolute atomic E-state index is 12.4. The van der Waals surface area contributed by atoms with Crippen molar-refractivity contribution in [1.29, 1.82) is 0 Å². The van der Waals surface area contributed by atoms with Gasteiger partial charge in [0.25, 0.3) is 0 Å². The first-order chi connectivity index (χ1) is 8.40. The third kappa shape index (κ3) is 2.86. The number of hydrogen-bond acceptors (Lipinski definition) is 3. The number of amides is 1. The van der Waals surface area contributed by atoms with Crippen LogP contribution in [-0.2, 0) is 9.53 Å². The summed E-state index contributed by atoms with van der Waals surface area (Å²) in [5.74, 6) is 0.791. The summed E-state index contributed by atoms with van der Waals surface area (Å²) in [7, 11) is 0. The highest BCUT2D eigenvalue weighted by molar-refractivity contribution is 5.79. The molecule has 4 heteroatoms. The van der Waals surface area contributed by atoms with Crippen LogP contribution >= 0.6 is 0 Å². The van der Waals surface area contributed by atoms with Gasteiger partial charge in [-0.1, -0.05) is 6.92 Å². The maximum atomic E-state index is 12.4. The molecule has 4 nitrogen and oxygen atoms in total. The van der Waals surface area contributed by atoms with Gasteiger partial charge in [-0.3, -0.25) is 4.79 Å². The topological polar surface area (TPSA) is 64.4 Å². The van der Waals surface area contributed by atoms with Crippen molar-refractivity contribution in [2.45, 2.75) is 64.1 Å². The smallest absolute Gasteiger partial charge is 0.223 e. The summed E-state index contributed by atoms with van der Waals surface area (Å²) in [5, 5.41) is 3.20. The number of nitrogens with one attached hydrogen (secondary N) is 1. The van der Waals surface area contributed by atoms with Gasteiger partial charge in [0.1, 0.15) is 0 Å². The molecule has 0 radical (unpaired) electrons. The number of nitrogens with two attached hydrogens (primary N) is 1. The van der Waals surface area contributed by atoms with Crippen molar-refractivity contribution < 1.29 is 9.53 Å². The molecule has 1 saturated heterocycles. The molecule has 0 aromatic heterocycles. The summed E-state index contributed by atoms with van der Waals surface area (Å²) >= 11 is 0. The van der Waals surface area contributed by atoms with E-state index in [1.54, 1.807) is 0 Å². The molecule has 0 aromatic carbocycles. The molecule has 1 aliphatic heterocycles. The zero-order chi connectivity index (χ0) is 13.3. The largest absolute Gasteiger partial charge is 0.376 e. The Labute approximate surface area is 110 Å². The second kappa shape index (κ2) is 5.17. The van der Waals surface area contributed by atoms with Crippen molar-refractivity contribution in [1.82, 2.24) is 5.32 Å². The van der Waals surface area contributed by atoms with Gasteiger partial charge < -0.3 is 15.8 Å². The Morgan fingerprint density at radius 3 is 2.61 bits per heavy atom. The summed E-state index contributed by atoms with van der Waals surface area (Å²) in [6, 6.07) is 0.176. The molecule has 5 atom stereocenters. The molecule has 1 amide bonds. The average molecular weight is 254 g/mol. The van der Waals surface area contributed by atoms with E-state index in [-0.39, 0.29) is 29.5 Å². The van der Waals surface area contributed by atoms with E-state index in [9.17, 15) is 4.79 Å². The second-order valence-electron chi connectivity index (χ2n) is 6.44. The third-order valence-corrected chi connectivity index (χ3v) is 4.65. The Hall–Kier alpha value is -0.610. The number of rotatable bonds is 2. The van der Waals surface area contributed by atoms with Crippen LogP contribution in [0.1, 0.15) is 46.5 Å². The zero-order valence-corrected chi connectivity index (χ0v) is 11.7. The van der Waals surface area contributed by atoms with Crippen LogP contribution in [0.2, 0.25) is 0 Å². The minimum atomic E-state index is -0.206. The summed E-state index contributed by atoms with van der Waals surface area (Å²) in [5.41, 5.74) is 5.81. The van der Waals surface area contributed by atoms with Gasteiger partial charge in [0, 0.05) is 18.6 Å². The van der Waals surface area contributed by atoms with E-state index in [4.69, 9.17) is 10.5 Å². The maximum Gasteiger partial charge on any atom is 0.223 e.